The number of benzene rings is 2. The van der Waals surface area contributed by atoms with Gasteiger partial charge >= 0.3 is 0 Å². The van der Waals surface area contributed by atoms with Gasteiger partial charge in [-0.05, 0) is 60.7 Å². The summed E-state index contributed by atoms with van der Waals surface area (Å²) in [6.45, 7) is 4.26. The van der Waals surface area contributed by atoms with Crippen LogP contribution in [0.15, 0.2) is 77.8 Å². The Morgan fingerprint density at radius 1 is 0.900 bits per heavy atom. The van der Waals surface area contributed by atoms with E-state index in [2.05, 4.69) is 65.6 Å². The molecule has 3 aromatic heterocycles. The predicted octanol–water partition coefficient (Wildman–Crippen LogP) is 3.97. The largest absolute Gasteiger partial charge is 0.467 e. The number of imide groups is 1. The minimum absolute atomic E-state index is 0.0126. The fraction of sp³-hybridized carbons (Fsp3) is 0.395. The number of fused-ring (bicyclic) bond motifs is 2. The van der Waals surface area contributed by atoms with E-state index < -0.39 is 11.9 Å². The lowest BCUT2D eigenvalue weighted by molar-refractivity contribution is -0.137. The van der Waals surface area contributed by atoms with Crippen molar-refractivity contribution in [2.75, 3.05) is 54.8 Å². The van der Waals surface area contributed by atoms with Crippen LogP contribution < -0.4 is 26.2 Å². The molecule has 2 aromatic carbocycles. The second-order valence-corrected chi connectivity index (χ2v) is 15.3. The van der Waals surface area contributed by atoms with Crippen LogP contribution in [0.4, 0.5) is 17.3 Å². The molecule has 17 heteroatoms. The van der Waals surface area contributed by atoms with Gasteiger partial charge in [-0.2, -0.15) is 0 Å². The summed E-state index contributed by atoms with van der Waals surface area (Å²) in [5.74, 6) is 0.391. The molecule has 5 amide bonds. The van der Waals surface area contributed by atoms with E-state index in [9.17, 15) is 24.0 Å². The van der Waals surface area contributed by atoms with Gasteiger partial charge in [-0.3, -0.25) is 33.7 Å². The van der Waals surface area contributed by atoms with Gasteiger partial charge in [0.15, 0.2) is 5.65 Å². The Bertz CT molecular complexity index is 2340. The number of hydrogen-bond donors (Lipinski definition) is 4. The van der Waals surface area contributed by atoms with Crippen LogP contribution >= 0.6 is 0 Å². The minimum Gasteiger partial charge on any atom is -0.467 e. The Labute approximate surface area is 346 Å². The van der Waals surface area contributed by atoms with Crippen LogP contribution in [-0.2, 0) is 32.3 Å². The van der Waals surface area contributed by atoms with Crippen LogP contribution in [0.3, 0.4) is 0 Å². The zero-order chi connectivity index (χ0) is 41.4. The third-order valence-electron chi connectivity index (χ3n) is 11.4. The predicted molar refractivity (Wildman–Crippen MR) is 223 cm³/mol. The van der Waals surface area contributed by atoms with Gasteiger partial charge < -0.3 is 35.1 Å². The number of amides is 5. The van der Waals surface area contributed by atoms with Gasteiger partial charge in [0.2, 0.25) is 29.6 Å². The summed E-state index contributed by atoms with van der Waals surface area (Å²) in [4.78, 5) is 73.2. The Hall–Kier alpha value is -6.78. The highest BCUT2D eigenvalue weighted by Gasteiger charge is 2.40. The number of piperidine rings is 1. The number of furan rings is 1. The maximum Gasteiger partial charge on any atom is 0.257 e. The van der Waals surface area contributed by atoms with Crippen molar-refractivity contribution in [3.8, 4) is 11.1 Å². The number of nitrogens with one attached hydrogen (secondary N) is 4. The molecule has 3 aliphatic heterocycles. The Morgan fingerprint density at radius 2 is 1.72 bits per heavy atom. The number of anilines is 3. The first-order valence-electron chi connectivity index (χ1n) is 20.7. The summed E-state index contributed by atoms with van der Waals surface area (Å²) in [5, 5.41) is 20.1. The first-order valence-corrected chi connectivity index (χ1v) is 20.7. The number of hydrogen-bond acceptors (Lipinski definition) is 12. The van der Waals surface area contributed by atoms with E-state index in [1.165, 1.54) is 4.90 Å². The molecule has 17 nitrogen and oxygen atoms in total. The molecule has 5 aromatic rings. The molecule has 2 saturated heterocycles. The lowest BCUT2D eigenvalue weighted by Crippen LogP contribution is -2.52. The van der Waals surface area contributed by atoms with E-state index in [0.29, 0.717) is 61.9 Å². The summed E-state index contributed by atoms with van der Waals surface area (Å²) in [6, 6.07) is 16.8. The number of nitrogens with zero attached hydrogens (tertiary/aromatic N) is 7. The van der Waals surface area contributed by atoms with Crippen molar-refractivity contribution < 1.29 is 28.4 Å². The van der Waals surface area contributed by atoms with Crippen molar-refractivity contribution >= 4 is 52.5 Å². The number of carbonyl (C=O) groups excluding carboxylic acids is 5. The van der Waals surface area contributed by atoms with E-state index in [1.807, 2.05) is 33.6 Å². The maximum atomic E-state index is 13.3. The molecule has 2 fully saturated rings. The second-order valence-electron chi connectivity index (χ2n) is 15.3. The van der Waals surface area contributed by atoms with Crippen molar-refractivity contribution in [2.24, 2.45) is 0 Å². The van der Waals surface area contributed by atoms with E-state index >= 15 is 0 Å². The lowest BCUT2D eigenvalue weighted by atomic mass is 10.0. The van der Waals surface area contributed by atoms with Crippen molar-refractivity contribution in [1.82, 2.24) is 40.0 Å². The second kappa shape index (κ2) is 18.4. The molecule has 8 rings (SSSR count). The van der Waals surface area contributed by atoms with Crippen LogP contribution in [-0.4, -0.2) is 104 Å². The van der Waals surface area contributed by atoms with E-state index in [4.69, 9.17) is 4.42 Å². The molecule has 0 spiro atoms. The molecule has 312 valence electrons. The highest BCUT2D eigenvalue weighted by Crippen LogP contribution is 2.32. The fourth-order valence-corrected chi connectivity index (χ4v) is 8.12. The number of rotatable bonds is 17. The molecule has 4 N–H and O–H groups in total. The Kier molecular flexibility index (Phi) is 12.3. The molecular weight excluding hydrogens is 767 g/mol. The average Bonchev–Trinajstić information content (AvgIpc) is 4.05. The standard InChI is InChI=1S/C43H49N11O6/c55-36-17-16-35(41(58)49-36)53-27-30-8-6-10-34(39(30)42(53)59)45-26-37(56)44-18-5-3-1-2-4-11-38(57)52-21-19-51(20-22-52)31-14-12-29(13-15-31)33-25-47-43(54-28-48-50-40(33)54)46-24-32-9-7-23-60-32/h6-10,12-15,23,25,28,35,45H,1-5,11,16-22,24,26-27H2,(H,44,56)(H,46,47)(H,49,55,58). The van der Waals surface area contributed by atoms with E-state index in [0.717, 1.165) is 73.3 Å². The molecule has 0 aliphatic carbocycles. The highest BCUT2D eigenvalue weighted by atomic mass is 16.3. The van der Waals surface area contributed by atoms with Gasteiger partial charge in [-0.1, -0.05) is 43.5 Å². The molecule has 1 atom stereocenters. The normalized spacial score (nSPS) is 16.6. The van der Waals surface area contributed by atoms with Crippen LogP contribution in [0.2, 0.25) is 0 Å². The molecule has 6 heterocycles. The molecule has 0 radical (unpaired) electrons. The number of unbranched alkanes of at least 4 members (excludes halogenated alkanes) is 4. The van der Waals surface area contributed by atoms with Crippen molar-refractivity contribution in [2.45, 2.75) is 70.5 Å². The summed E-state index contributed by atoms with van der Waals surface area (Å²) >= 11 is 0. The average molecular weight is 816 g/mol. The van der Waals surface area contributed by atoms with Crippen LogP contribution in [0.25, 0.3) is 16.8 Å². The quantitative estimate of drug-likeness (QED) is 0.0780. The van der Waals surface area contributed by atoms with Gasteiger partial charge in [0, 0.05) is 75.2 Å². The summed E-state index contributed by atoms with van der Waals surface area (Å²) in [5.41, 5.74) is 5.47. The molecule has 0 bridgehead atoms. The third-order valence-corrected chi connectivity index (χ3v) is 11.4. The lowest BCUT2D eigenvalue weighted by Gasteiger charge is -2.36. The van der Waals surface area contributed by atoms with Crippen LogP contribution in [0, 0.1) is 0 Å². The summed E-state index contributed by atoms with van der Waals surface area (Å²) < 4.78 is 7.25. The van der Waals surface area contributed by atoms with Crippen molar-refractivity contribution in [3.63, 3.8) is 0 Å². The van der Waals surface area contributed by atoms with E-state index in [-0.39, 0.29) is 43.1 Å². The summed E-state index contributed by atoms with van der Waals surface area (Å²) in [7, 11) is 0. The fourth-order valence-electron chi connectivity index (χ4n) is 8.12. The summed E-state index contributed by atoms with van der Waals surface area (Å²) in [6.07, 6.45) is 10.7. The number of piperazine rings is 1. The molecular formula is C43H49N11O6. The first kappa shape index (κ1) is 40.0. The van der Waals surface area contributed by atoms with Crippen LogP contribution in [0.5, 0.6) is 0 Å². The maximum absolute atomic E-state index is 13.3. The van der Waals surface area contributed by atoms with Gasteiger partial charge in [-0.15, -0.1) is 10.2 Å². The van der Waals surface area contributed by atoms with Gasteiger partial charge in [-0.25, -0.2) is 4.98 Å². The van der Waals surface area contributed by atoms with Crippen LogP contribution in [0.1, 0.15) is 73.0 Å². The van der Waals surface area contributed by atoms with Gasteiger partial charge in [0.05, 0.1) is 24.9 Å². The van der Waals surface area contributed by atoms with Gasteiger partial charge in [0.1, 0.15) is 18.1 Å². The topological polar surface area (TPSA) is 199 Å². The molecule has 3 aliphatic rings. The number of aromatic nitrogens is 4. The van der Waals surface area contributed by atoms with Crippen molar-refractivity contribution in [3.05, 3.63) is 90.3 Å². The molecule has 0 saturated carbocycles. The zero-order valence-corrected chi connectivity index (χ0v) is 33.4. The van der Waals surface area contributed by atoms with Crippen molar-refractivity contribution in [1.29, 1.82) is 0 Å². The minimum atomic E-state index is -0.691. The highest BCUT2D eigenvalue weighted by molar-refractivity contribution is 6.08. The Balaban J connectivity index is 0.692. The number of carbonyl (C=O) groups is 5. The smallest absolute Gasteiger partial charge is 0.257 e. The Morgan fingerprint density at radius 3 is 2.52 bits per heavy atom. The van der Waals surface area contributed by atoms with Gasteiger partial charge in [0.25, 0.3) is 5.91 Å². The molecule has 1 unspecified atom stereocenters. The monoisotopic (exact) mass is 815 g/mol. The first-order chi connectivity index (χ1) is 29.3. The molecule has 60 heavy (non-hydrogen) atoms. The third kappa shape index (κ3) is 9.09. The zero-order valence-electron chi connectivity index (χ0n) is 33.4. The SMILES string of the molecule is O=C(CNc1cccc2c1C(=O)N(C1CCC(=O)NC1=O)C2)NCCCCCCCC(=O)N1CCN(c2ccc(-c3cnc(NCc4ccco4)n4cnnc34)cc2)CC1. The van der Waals surface area contributed by atoms with E-state index in [1.54, 1.807) is 24.9 Å².